The molecule has 0 bridgehead atoms. The van der Waals surface area contributed by atoms with Crippen LogP contribution in [0.15, 0.2) is 42.6 Å². The number of anilines is 1. The van der Waals surface area contributed by atoms with E-state index in [0.717, 1.165) is 30.9 Å². The Hall–Kier alpha value is -2.57. The topological polar surface area (TPSA) is 42.2 Å². The number of hydrogen-bond donors (Lipinski definition) is 1. The number of nitrogens with one attached hydrogen (secondary N) is 1. The summed E-state index contributed by atoms with van der Waals surface area (Å²) in [6.07, 6.45) is 1.77. The summed E-state index contributed by atoms with van der Waals surface area (Å²) < 4.78 is 40.7. The van der Waals surface area contributed by atoms with Crippen LogP contribution in [0.5, 0.6) is 0 Å². The second-order valence-corrected chi connectivity index (χ2v) is 7.31. The first-order valence-electron chi connectivity index (χ1n) is 9.19. The zero-order valence-corrected chi connectivity index (χ0v) is 15.0. The summed E-state index contributed by atoms with van der Waals surface area (Å²) in [5, 5.41) is 8.04. The Morgan fingerprint density at radius 1 is 1.07 bits per heavy atom. The Kier molecular flexibility index (Phi) is 4.53. The monoisotopic (exact) mass is 374 g/mol. The van der Waals surface area contributed by atoms with Crippen LogP contribution in [-0.4, -0.2) is 20.6 Å². The van der Waals surface area contributed by atoms with Crippen LogP contribution < -0.4 is 5.32 Å². The van der Waals surface area contributed by atoms with Crippen LogP contribution in [0.2, 0.25) is 0 Å². The maximum atomic E-state index is 13.0. The van der Waals surface area contributed by atoms with Crippen molar-refractivity contribution >= 4 is 11.5 Å². The van der Waals surface area contributed by atoms with Gasteiger partial charge in [0.25, 0.3) is 0 Å². The van der Waals surface area contributed by atoms with E-state index >= 15 is 0 Å². The van der Waals surface area contributed by atoms with E-state index in [1.165, 1.54) is 18.9 Å². The number of halogens is 3. The van der Waals surface area contributed by atoms with Gasteiger partial charge in [-0.25, -0.2) is 9.50 Å². The third-order valence-electron chi connectivity index (χ3n) is 5.22. The molecule has 4 rings (SSSR count). The lowest BCUT2D eigenvalue weighted by molar-refractivity contribution is -0.137. The van der Waals surface area contributed by atoms with Crippen LogP contribution in [0.1, 0.15) is 38.2 Å². The van der Waals surface area contributed by atoms with Crippen LogP contribution in [0.3, 0.4) is 0 Å². The summed E-state index contributed by atoms with van der Waals surface area (Å²) in [4.78, 5) is 4.28. The zero-order chi connectivity index (χ0) is 19.0. The number of hydrogen-bond acceptors (Lipinski definition) is 3. The van der Waals surface area contributed by atoms with Gasteiger partial charge in [-0.05, 0) is 55.9 Å². The van der Waals surface area contributed by atoms with Gasteiger partial charge >= 0.3 is 6.18 Å². The lowest BCUT2D eigenvalue weighted by Gasteiger charge is -2.27. The Morgan fingerprint density at radius 2 is 1.85 bits per heavy atom. The fraction of sp³-hybridized carbons (Fsp3) is 0.400. The molecule has 1 saturated carbocycles. The predicted octanol–water partition coefficient (Wildman–Crippen LogP) is 5.41. The van der Waals surface area contributed by atoms with E-state index in [0.29, 0.717) is 28.8 Å². The Labute approximate surface area is 155 Å². The van der Waals surface area contributed by atoms with Crippen LogP contribution in [-0.2, 0) is 6.18 Å². The molecule has 7 heteroatoms. The first-order valence-corrected chi connectivity index (χ1v) is 9.19. The molecule has 0 spiro atoms. The molecule has 1 fully saturated rings. The van der Waals surface area contributed by atoms with E-state index in [4.69, 9.17) is 0 Å². The molecule has 0 atom stereocenters. The van der Waals surface area contributed by atoms with Gasteiger partial charge in [-0.2, -0.15) is 13.2 Å². The molecule has 0 radical (unpaired) electrons. The van der Waals surface area contributed by atoms with Gasteiger partial charge in [0.2, 0.25) is 0 Å². The molecule has 142 valence electrons. The first-order chi connectivity index (χ1) is 12.9. The third-order valence-corrected chi connectivity index (χ3v) is 5.22. The van der Waals surface area contributed by atoms with Crippen LogP contribution in [0.4, 0.5) is 19.0 Å². The van der Waals surface area contributed by atoms with E-state index in [9.17, 15) is 13.2 Å². The van der Waals surface area contributed by atoms with Crippen molar-refractivity contribution < 1.29 is 13.2 Å². The molecule has 0 aliphatic heterocycles. The predicted molar refractivity (Wildman–Crippen MR) is 98.5 cm³/mol. The maximum Gasteiger partial charge on any atom is 0.416 e. The molecule has 1 aliphatic rings. The normalized spacial score (nSPS) is 20.7. The van der Waals surface area contributed by atoms with Crippen molar-refractivity contribution in [1.82, 2.24) is 14.6 Å². The SMILES string of the molecule is CC1CCC(Nc2ccc3ncc(-c4cccc(C(F)(F)F)c4)n3n2)CC1. The zero-order valence-electron chi connectivity index (χ0n) is 15.0. The average Bonchev–Trinajstić information content (AvgIpc) is 3.06. The molecular weight excluding hydrogens is 353 g/mol. The van der Waals surface area contributed by atoms with Gasteiger partial charge in [-0.15, -0.1) is 5.10 Å². The average molecular weight is 374 g/mol. The summed E-state index contributed by atoms with van der Waals surface area (Å²) in [6.45, 7) is 2.27. The van der Waals surface area contributed by atoms with Crippen LogP contribution in [0.25, 0.3) is 16.9 Å². The fourth-order valence-corrected chi connectivity index (χ4v) is 3.62. The van der Waals surface area contributed by atoms with Gasteiger partial charge in [0.15, 0.2) is 5.65 Å². The van der Waals surface area contributed by atoms with Crippen molar-refractivity contribution in [1.29, 1.82) is 0 Å². The molecule has 0 unspecified atom stereocenters. The second kappa shape index (κ2) is 6.87. The molecule has 1 aliphatic carbocycles. The Morgan fingerprint density at radius 3 is 2.59 bits per heavy atom. The van der Waals surface area contributed by atoms with Crippen molar-refractivity contribution in [2.45, 2.75) is 44.8 Å². The molecule has 0 saturated heterocycles. The molecule has 0 amide bonds. The first kappa shape index (κ1) is 17.8. The summed E-state index contributed by atoms with van der Waals surface area (Å²) in [5.41, 5.74) is 0.899. The summed E-state index contributed by atoms with van der Waals surface area (Å²) in [6, 6.07) is 9.33. The molecular formula is C20H21F3N4. The van der Waals surface area contributed by atoms with E-state index in [2.05, 4.69) is 22.3 Å². The van der Waals surface area contributed by atoms with Gasteiger partial charge < -0.3 is 5.32 Å². The largest absolute Gasteiger partial charge is 0.416 e. The van der Waals surface area contributed by atoms with Gasteiger partial charge in [0.05, 0.1) is 17.5 Å². The van der Waals surface area contributed by atoms with E-state index in [-0.39, 0.29) is 0 Å². The molecule has 1 aromatic carbocycles. The van der Waals surface area contributed by atoms with Gasteiger partial charge in [0, 0.05) is 11.6 Å². The van der Waals surface area contributed by atoms with E-state index in [1.54, 1.807) is 16.8 Å². The van der Waals surface area contributed by atoms with Crippen molar-refractivity contribution in [3.63, 3.8) is 0 Å². The van der Waals surface area contributed by atoms with Gasteiger partial charge in [-0.1, -0.05) is 19.1 Å². The molecule has 27 heavy (non-hydrogen) atoms. The second-order valence-electron chi connectivity index (χ2n) is 7.31. The highest BCUT2D eigenvalue weighted by Gasteiger charge is 2.30. The quantitative estimate of drug-likeness (QED) is 0.667. The minimum atomic E-state index is -4.38. The van der Waals surface area contributed by atoms with Crippen molar-refractivity contribution in [3.8, 4) is 11.3 Å². The maximum absolute atomic E-state index is 13.0. The van der Waals surface area contributed by atoms with Gasteiger partial charge in [0.1, 0.15) is 5.82 Å². The third kappa shape index (κ3) is 3.77. The smallest absolute Gasteiger partial charge is 0.366 e. The number of benzene rings is 1. The Balaban J connectivity index is 1.65. The number of alkyl halides is 3. The molecule has 1 N–H and O–H groups in total. The van der Waals surface area contributed by atoms with Crippen molar-refractivity contribution in [2.75, 3.05) is 5.32 Å². The molecule has 3 aromatic rings. The number of rotatable bonds is 3. The number of aromatic nitrogens is 3. The highest BCUT2D eigenvalue weighted by atomic mass is 19.4. The molecule has 4 nitrogen and oxygen atoms in total. The number of imidazole rings is 1. The number of fused-ring (bicyclic) bond motifs is 1. The standard InChI is InChI=1S/C20H21F3N4/c1-13-5-7-16(8-6-13)25-18-9-10-19-24-12-17(27(19)26-18)14-3-2-4-15(11-14)20(21,22)23/h2-4,9-13,16H,5-8H2,1H3,(H,25,26). The van der Waals surface area contributed by atoms with Crippen molar-refractivity contribution in [2.24, 2.45) is 5.92 Å². The molecule has 2 aromatic heterocycles. The highest BCUT2D eigenvalue weighted by Crippen LogP contribution is 2.32. The fourth-order valence-electron chi connectivity index (χ4n) is 3.62. The minimum absolute atomic E-state index is 0.381. The van der Waals surface area contributed by atoms with E-state index in [1.807, 2.05) is 12.1 Å². The summed E-state index contributed by atoms with van der Waals surface area (Å²) in [7, 11) is 0. The van der Waals surface area contributed by atoms with Crippen LogP contribution in [0, 0.1) is 5.92 Å². The lowest BCUT2D eigenvalue weighted by atomic mass is 9.87. The summed E-state index contributed by atoms with van der Waals surface area (Å²) >= 11 is 0. The van der Waals surface area contributed by atoms with Crippen molar-refractivity contribution in [3.05, 3.63) is 48.2 Å². The molecule has 2 heterocycles. The summed E-state index contributed by atoms with van der Waals surface area (Å²) in [5.74, 6) is 1.48. The lowest BCUT2D eigenvalue weighted by Crippen LogP contribution is -2.25. The Bertz CT molecular complexity index is 940. The van der Waals surface area contributed by atoms with Crippen LogP contribution >= 0.6 is 0 Å². The highest BCUT2D eigenvalue weighted by molar-refractivity contribution is 5.64. The minimum Gasteiger partial charge on any atom is -0.366 e. The van der Waals surface area contributed by atoms with E-state index < -0.39 is 11.7 Å². The number of nitrogens with zero attached hydrogens (tertiary/aromatic N) is 3. The van der Waals surface area contributed by atoms with Gasteiger partial charge in [-0.3, -0.25) is 0 Å².